The first kappa shape index (κ1) is 13.4. The van der Waals surface area contributed by atoms with Gasteiger partial charge in [-0.3, -0.25) is 0 Å². The summed E-state index contributed by atoms with van der Waals surface area (Å²) in [6.07, 6.45) is 5.26. The van der Waals surface area contributed by atoms with Gasteiger partial charge < -0.3 is 15.0 Å². The van der Waals surface area contributed by atoms with E-state index in [0.29, 0.717) is 6.54 Å². The molecule has 17 heavy (non-hydrogen) atoms. The molecule has 0 heterocycles. The van der Waals surface area contributed by atoms with E-state index in [9.17, 15) is 0 Å². The van der Waals surface area contributed by atoms with Crippen molar-refractivity contribution in [3.8, 4) is 18.1 Å². The van der Waals surface area contributed by atoms with Crippen molar-refractivity contribution >= 4 is 5.69 Å². The van der Waals surface area contributed by atoms with Crippen LogP contribution in [0.1, 0.15) is 6.92 Å². The zero-order valence-electron chi connectivity index (χ0n) is 10.7. The molecule has 3 nitrogen and oxygen atoms in total. The van der Waals surface area contributed by atoms with Gasteiger partial charge in [-0.25, -0.2) is 0 Å². The Bertz CT molecular complexity index is 382. The van der Waals surface area contributed by atoms with E-state index in [1.165, 1.54) is 0 Å². The van der Waals surface area contributed by atoms with E-state index in [-0.39, 0.29) is 6.10 Å². The van der Waals surface area contributed by atoms with Gasteiger partial charge in [-0.05, 0) is 19.1 Å². The average molecular weight is 232 g/mol. The maximum absolute atomic E-state index is 5.79. The lowest BCUT2D eigenvalue weighted by molar-refractivity contribution is 0.219. The summed E-state index contributed by atoms with van der Waals surface area (Å²) in [5.74, 6) is 3.42. The molecule has 1 aromatic rings. The molecule has 0 aliphatic rings. The highest BCUT2D eigenvalue weighted by Gasteiger charge is 2.04. The quantitative estimate of drug-likeness (QED) is 0.597. The molecule has 0 aliphatic carbocycles. The summed E-state index contributed by atoms with van der Waals surface area (Å²) < 4.78 is 5.79. The van der Waals surface area contributed by atoms with Crippen LogP contribution in [0.4, 0.5) is 5.69 Å². The van der Waals surface area contributed by atoms with Gasteiger partial charge in [-0.1, -0.05) is 12.0 Å². The standard InChI is InChI=1S/C14H20N2O/c1-5-9-15-11-12(2)17-14-8-6-7-13(10-14)16(3)4/h1,6-8,10,12,15H,9,11H2,2-4H3. The lowest BCUT2D eigenvalue weighted by Gasteiger charge is -2.17. The van der Waals surface area contributed by atoms with Gasteiger partial charge in [0.25, 0.3) is 0 Å². The fourth-order valence-electron chi connectivity index (χ4n) is 1.46. The van der Waals surface area contributed by atoms with Crippen molar-refractivity contribution < 1.29 is 4.74 Å². The fourth-order valence-corrected chi connectivity index (χ4v) is 1.46. The monoisotopic (exact) mass is 232 g/mol. The van der Waals surface area contributed by atoms with Gasteiger partial charge in [0.15, 0.2) is 0 Å². The first-order valence-electron chi connectivity index (χ1n) is 5.71. The summed E-state index contributed by atoms with van der Waals surface area (Å²) in [6, 6.07) is 8.03. The van der Waals surface area contributed by atoms with E-state index in [0.717, 1.165) is 18.0 Å². The smallest absolute Gasteiger partial charge is 0.121 e. The summed E-state index contributed by atoms with van der Waals surface area (Å²) in [5, 5.41) is 3.12. The highest BCUT2D eigenvalue weighted by molar-refractivity contribution is 5.49. The second-order valence-corrected chi connectivity index (χ2v) is 4.16. The molecule has 0 aliphatic heterocycles. The van der Waals surface area contributed by atoms with Gasteiger partial charge >= 0.3 is 0 Å². The van der Waals surface area contributed by atoms with Crippen LogP contribution < -0.4 is 15.0 Å². The number of ether oxygens (including phenoxy) is 1. The molecule has 1 N–H and O–H groups in total. The molecule has 3 heteroatoms. The molecule has 1 unspecified atom stereocenters. The molecule has 0 amide bonds. The summed E-state index contributed by atoms with van der Waals surface area (Å²) in [5.41, 5.74) is 1.13. The predicted molar refractivity (Wildman–Crippen MR) is 72.6 cm³/mol. The van der Waals surface area contributed by atoms with Crippen molar-refractivity contribution in [1.82, 2.24) is 5.32 Å². The number of terminal acetylenes is 1. The minimum atomic E-state index is 0.0979. The number of nitrogens with zero attached hydrogens (tertiary/aromatic N) is 1. The first-order chi connectivity index (χ1) is 8.13. The molecular formula is C14H20N2O. The maximum atomic E-state index is 5.79. The first-order valence-corrected chi connectivity index (χ1v) is 5.71. The Balaban J connectivity index is 2.50. The zero-order valence-corrected chi connectivity index (χ0v) is 10.7. The van der Waals surface area contributed by atoms with Crippen LogP contribution in [-0.4, -0.2) is 33.3 Å². The highest BCUT2D eigenvalue weighted by atomic mass is 16.5. The molecule has 0 spiro atoms. The Morgan fingerprint density at radius 3 is 2.88 bits per heavy atom. The SMILES string of the molecule is C#CCNCC(C)Oc1cccc(N(C)C)c1. The predicted octanol–water partition coefficient (Wildman–Crippen LogP) is 1.74. The van der Waals surface area contributed by atoms with Crippen LogP contribution in [-0.2, 0) is 0 Å². The van der Waals surface area contributed by atoms with Crippen LogP contribution in [0.3, 0.4) is 0 Å². The van der Waals surface area contributed by atoms with E-state index in [1.54, 1.807) is 0 Å². The molecule has 0 bridgehead atoms. The third-order valence-corrected chi connectivity index (χ3v) is 2.33. The van der Waals surface area contributed by atoms with Crippen molar-refractivity contribution in [1.29, 1.82) is 0 Å². The van der Waals surface area contributed by atoms with Gasteiger partial charge in [0.2, 0.25) is 0 Å². The number of nitrogens with one attached hydrogen (secondary N) is 1. The van der Waals surface area contributed by atoms with Gasteiger partial charge in [0.05, 0.1) is 6.54 Å². The molecule has 1 atom stereocenters. The lowest BCUT2D eigenvalue weighted by Crippen LogP contribution is -2.29. The summed E-state index contributed by atoms with van der Waals surface area (Å²) >= 11 is 0. The largest absolute Gasteiger partial charge is 0.489 e. The topological polar surface area (TPSA) is 24.5 Å². The molecule has 1 aromatic carbocycles. The van der Waals surface area contributed by atoms with E-state index >= 15 is 0 Å². The third-order valence-electron chi connectivity index (χ3n) is 2.33. The number of hydrogen-bond acceptors (Lipinski definition) is 3. The minimum Gasteiger partial charge on any atom is -0.489 e. The molecule has 92 valence electrons. The Kier molecular flexibility index (Phi) is 5.38. The molecule has 0 saturated heterocycles. The van der Waals surface area contributed by atoms with Crippen molar-refractivity contribution in [3.63, 3.8) is 0 Å². The van der Waals surface area contributed by atoms with Crippen LogP contribution in [0.15, 0.2) is 24.3 Å². The number of rotatable bonds is 6. The number of benzene rings is 1. The molecule has 0 fully saturated rings. The minimum absolute atomic E-state index is 0.0979. The van der Waals surface area contributed by atoms with Gasteiger partial charge in [0.1, 0.15) is 11.9 Å². The molecule has 0 radical (unpaired) electrons. The van der Waals surface area contributed by atoms with E-state index in [1.807, 2.05) is 50.2 Å². The van der Waals surface area contributed by atoms with Crippen molar-refractivity contribution in [2.45, 2.75) is 13.0 Å². The third kappa shape index (κ3) is 4.80. The summed E-state index contributed by atoms with van der Waals surface area (Å²) in [7, 11) is 4.02. The van der Waals surface area contributed by atoms with Crippen LogP contribution in [0.25, 0.3) is 0 Å². The Morgan fingerprint density at radius 2 is 2.24 bits per heavy atom. The van der Waals surface area contributed by atoms with Crippen LogP contribution in [0.5, 0.6) is 5.75 Å². The second kappa shape index (κ2) is 6.82. The molecule has 1 rings (SSSR count). The summed E-state index contributed by atoms with van der Waals surface area (Å²) in [6.45, 7) is 3.34. The molecule has 0 saturated carbocycles. The molecule has 0 aromatic heterocycles. The number of anilines is 1. The number of hydrogen-bond donors (Lipinski definition) is 1. The van der Waals surface area contributed by atoms with Crippen molar-refractivity contribution in [3.05, 3.63) is 24.3 Å². The van der Waals surface area contributed by atoms with Crippen LogP contribution in [0, 0.1) is 12.3 Å². The van der Waals surface area contributed by atoms with Crippen molar-refractivity contribution in [2.75, 3.05) is 32.1 Å². The van der Waals surface area contributed by atoms with Gasteiger partial charge in [0, 0.05) is 32.4 Å². The maximum Gasteiger partial charge on any atom is 0.121 e. The molecular weight excluding hydrogens is 212 g/mol. The van der Waals surface area contributed by atoms with Crippen LogP contribution in [0.2, 0.25) is 0 Å². The Morgan fingerprint density at radius 1 is 1.47 bits per heavy atom. The van der Waals surface area contributed by atoms with E-state index in [2.05, 4.69) is 11.2 Å². The Hall–Kier alpha value is -1.66. The lowest BCUT2D eigenvalue weighted by atomic mass is 10.3. The van der Waals surface area contributed by atoms with Gasteiger partial charge in [-0.2, -0.15) is 0 Å². The van der Waals surface area contributed by atoms with E-state index < -0.39 is 0 Å². The average Bonchev–Trinajstić information content (AvgIpc) is 2.29. The highest BCUT2D eigenvalue weighted by Crippen LogP contribution is 2.20. The second-order valence-electron chi connectivity index (χ2n) is 4.16. The van der Waals surface area contributed by atoms with E-state index in [4.69, 9.17) is 11.2 Å². The summed E-state index contributed by atoms with van der Waals surface area (Å²) in [4.78, 5) is 2.05. The normalized spacial score (nSPS) is 11.6. The van der Waals surface area contributed by atoms with Crippen LogP contribution >= 0.6 is 0 Å². The Labute approximate surface area is 104 Å². The zero-order chi connectivity index (χ0) is 12.7. The van der Waals surface area contributed by atoms with Crippen molar-refractivity contribution in [2.24, 2.45) is 0 Å². The fraction of sp³-hybridized carbons (Fsp3) is 0.429. The van der Waals surface area contributed by atoms with Gasteiger partial charge in [-0.15, -0.1) is 6.42 Å².